The summed E-state index contributed by atoms with van der Waals surface area (Å²) in [7, 11) is 0. The lowest BCUT2D eigenvalue weighted by molar-refractivity contribution is 0.0751. The Kier molecular flexibility index (Phi) is 4.70. The Hall–Kier alpha value is -2.66. The van der Waals surface area contributed by atoms with Crippen molar-refractivity contribution < 1.29 is 9.59 Å². The quantitative estimate of drug-likeness (QED) is 0.635. The molecule has 1 aliphatic rings. The van der Waals surface area contributed by atoms with E-state index in [0.717, 1.165) is 34.8 Å². The number of hydrogen-bond acceptors (Lipinski definition) is 4. The molecule has 4 rings (SSSR count). The van der Waals surface area contributed by atoms with Crippen LogP contribution in [0.4, 0.5) is 5.69 Å². The first kappa shape index (κ1) is 17.7. The summed E-state index contributed by atoms with van der Waals surface area (Å²) in [4.78, 5) is 29.5. The minimum Gasteiger partial charge on any atom is -0.368 e. The van der Waals surface area contributed by atoms with Crippen LogP contribution in [0.25, 0.3) is 10.1 Å². The molecular weight excluding hydrogens is 356 g/mol. The Morgan fingerprint density at radius 2 is 1.59 bits per heavy atom. The molecular formula is C22H22N2O2S. The molecule has 0 radical (unpaired) electrons. The van der Waals surface area contributed by atoms with Crippen molar-refractivity contribution in [2.45, 2.75) is 13.8 Å². The predicted molar refractivity (Wildman–Crippen MR) is 111 cm³/mol. The summed E-state index contributed by atoms with van der Waals surface area (Å²) in [5.74, 6) is 0.218. The van der Waals surface area contributed by atoms with Gasteiger partial charge >= 0.3 is 0 Å². The molecule has 0 aliphatic carbocycles. The normalized spacial score (nSPS) is 14.6. The third-order valence-electron chi connectivity index (χ3n) is 5.24. The van der Waals surface area contributed by atoms with Crippen molar-refractivity contribution in [1.82, 2.24) is 4.90 Å². The number of benzene rings is 2. The van der Waals surface area contributed by atoms with Gasteiger partial charge in [-0.05, 0) is 55.1 Å². The second-order valence-electron chi connectivity index (χ2n) is 6.93. The number of amides is 1. The second-order valence-corrected chi connectivity index (χ2v) is 7.99. The number of piperazine rings is 1. The summed E-state index contributed by atoms with van der Waals surface area (Å²) in [6.07, 6.45) is 0. The van der Waals surface area contributed by atoms with Gasteiger partial charge in [0.1, 0.15) is 0 Å². The van der Waals surface area contributed by atoms with Gasteiger partial charge in [-0.25, -0.2) is 0 Å². The highest BCUT2D eigenvalue weighted by molar-refractivity contribution is 7.21. The maximum absolute atomic E-state index is 13.0. The van der Waals surface area contributed by atoms with E-state index in [1.165, 1.54) is 10.1 Å². The number of nitrogens with zero attached hydrogens (tertiary/aromatic N) is 2. The molecule has 2 aromatic carbocycles. The Morgan fingerprint density at radius 3 is 2.22 bits per heavy atom. The maximum Gasteiger partial charge on any atom is 0.264 e. The van der Waals surface area contributed by atoms with Gasteiger partial charge in [0.05, 0.1) is 4.88 Å². The van der Waals surface area contributed by atoms with Crippen LogP contribution in [0, 0.1) is 6.92 Å². The van der Waals surface area contributed by atoms with Crippen LogP contribution in [0.15, 0.2) is 48.5 Å². The smallest absolute Gasteiger partial charge is 0.264 e. The fraction of sp³-hybridized carbons (Fsp3) is 0.273. The van der Waals surface area contributed by atoms with Crippen LogP contribution in [-0.2, 0) is 0 Å². The van der Waals surface area contributed by atoms with E-state index in [1.54, 1.807) is 18.3 Å². The van der Waals surface area contributed by atoms with Gasteiger partial charge in [0, 0.05) is 42.1 Å². The van der Waals surface area contributed by atoms with Crippen molar-refractivity contribution in [1.29, 1.82) is 0 Å². The minimum absolute atomic E-state index is 0.0793. The van der Waals surface area contributed by atoms with Gasteiger partial charge in [0.2, 0.25) is 0 Å². The molecule has 138 valence electrons. The number of carbonyl (C=O) groups is 2. The van der Waals surface area contributed by atoms with Crippen molar-refractivity contribution in [3.63, 3.8) is 0 Å². The molecule has 1 amide bonds. The molecule has 2 heterocycles. The Labute approximate surface area is 163 Å². The topological polar surface area (TPSA) is 40.6 Å². The molecule has 0 N–H and O–H groups in total. The zero-order valence-corrected chi connectivity index (χ0v) is 16.4. The van der Waals surface area contributed by atoms with Crippen LogP contribution >= 0.6 is 11.3 Å². The molecule has 0 unspecified atom stereocenters. The molecule has 1 saturated heterocycles. The summed E-state index contributed by atoms with van der Waals surface area (Å²) in [5.41, 5.74) is 2.92. The lowest BCUT2D eigenvalue weighted by Gasteiger charge is -2.36. The van der Waals surface area contributed by atoms with Crippen molar-refractivity contribution >= 4 is 38.8 Å². The van der Waals surface area contributed by atoms with Crippen LogP contribution in [0.3, 0.4) is 0 Å². The molecule has 0 spiro atoms. The van der Waals surface area contributed by atoms with Gasteiger partial charge in [-0.3, -0.25) is 9.59 Å². The molecule has 5 heteroatoms. The summed E-state index contributed by atoms with van der Waals surface area (Å²) in [5, 5.41) is 1.18. The third kappa shape index (κ3) is 3.35. The highest BCUT2D eigenvalue weighted by Crippen LogP contribution is 2.31. The molecule has 0 saturated carbocycles. The fourth-order valence-corrected chi connectivity index (χ4v) is 4.77. The Bertz CT molecular complexity index is 999. The number of thiophene rings is 1. The number of aryl methyl sites for hydroxylation is 1. The van der Waals surface area contributed by atoms with Crippen molar-refractivity contribution in [3.8, 4) is 0 Å². The van der Waals surface area contributed by atoms with Crippen molar-refractivity contribution in [3.05, 3.63) is 64.5 Å². The van der Waals surface area contributed by atoms with Crippen molar-refractivity contribution in [2.75, 3.05) is 31.1 Å². The van der Waals surface area contributed by atoms with Gasteiger partial charge in [-0.2, -0.15) is 0 Å². The van der Waals surface area contributed by atoms with E-state index >= 15 is 0 Å². The number of Topliss-reactive ketones (excluding diaryl/α,β-unsaturated/α-hetero) is 1. The van der Waals surface area contributed by atoms with Crippen molar-refractivity contribution in [2.24, 2.45) is 0 Å². The Morgan fingerprint density at radius 1 is 0.926 bits per heavy atom. The van der Waals surface area contributed by atoms with E-state index in [2.05, 4.69) is 17.0 Å². The van der Waals surface area contributed by atoms with Gasteiger partial charge < -0.3 is 9.80 Å². The summed E-state index contributed by atoms with van der Waals surface area (Å²) in [6, 6.07) is 15.9. The lowest BCUT2D eigenvalue weighted by Crippen LogP contribution is -2.48. The molecule has 0 atom stereocenters. The molecule has 1 fully saturated rings. The van der Waals surface area contributed by atoms with Gasteiger partial charge in [0.25, 0.3) is 5.91 Å². The first-order chi connectivity index (χ1) is 13.0. The van der Waals surface area contributed by atoms with Crippen LogP contribution < -0.4 is 4.90 Å². The lowest BCUT2D eigenvalue weighted by atomic mass is 10.1. The van der Waals surface area contributed by atoms with E-state index in [1.807, 2.05) is 48.2 Å². The summed E-state index contributed by atoms with van der Waals surface area (Å²) < 4.78 is 1.17. The molecule has 4 nitrogen and oxygen atoms in total. The summed E-state index contributed by atoms with van der Waals surface area (Å²) >= 11 is 1.59. The fourth-order valence-electron chi connectivity index (χ4n) is 3.60. The number of hydrogen-bond donors (Lipinski definition) is 0. The Balaban J connectivity index is 1.46. The van der Waals surface area contributed by atoms with E-state index in [0.29, 0.717) is 13.1 Å². The zero-order valence-electron chi connectivity index (χ0n) is 15.6. The molecule has 1 aromatic heterocycles. The number of ketones is 1. The number of rotatable bonds is 3. The van der Waals surface area contributed by atoms with Crippen LogP contribution in [-0.4, -0.2) is 42.8 Å². The van der Waals surface area contributed by atoms with Crippen LogP contribution in [0.2, 0.25) is 0 Å². The second kappa shape index (κ2) is 7.16. The van der Waals surface area contributed by atoms with Gasteiger partial charge in [-0.15, -0.1) is 11.3 Å². The monoisotopic (exact) mass is 378 g/mol. The van der Waals surface area contributed by atoms with Crippen LogP contribution in [0.1, 0.15) is 32.5 Å². The van der Waals surface area contributed by atoms with E-state index in [-0.39, 0.29) is 11.7 Å². The van der Waals surface area contributed by atoms with E-state index in [4.69, 9.17) is 0 Å². The zero-order chi connectivity index (χ0) is 19.0. The van der Waals surface area contributed by atoms with Gasteiger partial charge in [-0.1, -0.05) is 18.2 Å². The average molecular weight is 378 g/mol. The number of carbonyl (C=O) groups excluding carboxylic acids is 2. The first-order valence-electron chi connectivity index (χ1n) is 9.18. The van der Waals surface area contributed by atoms with Gasteiger partial charge in [0.15, 0.2) is 5.78 Å². The maximum atomic E-state index is 13.0. The number of fused-ring (bicyclic) bond motifs is 1. The highest BCUT2D eigenvalue weighted by Gasteiger charge is 2.25. The largest absolute Gasteiger partial charge is 0.368 e. The summed E-state index contributed by atoms with van der Waals surface area (Å²) in [6.45, 7) is 6.64. The van der Waals surface area contributed by atoms with Crippen LogP contribution in [0.5, 0.6) is 0 Å². The average Bonchev–Trinajstić information content (AvgIpc) is 3.04. The first-order valence-corrected chi connectivity index (χ1v) is 9.99. The standard InChI is InChI=1S/C22H22N2O2S/c1-15-19-5-3-4-6-20(19)27-21(15)22(26)24-13-11-23(12-14-24)18-9-7-17(8-10-18)16(2)25/h3-10H,11-14H2,1-2H3. The van der Waals surface area contributed by atoms with E-state index in [9.17, 15) is 9.59 Å². The molecule has 0 bridgehead atoms. The third-order valence-corrected chi connectivity index (χ3v) is 6.50. The predicted octanol–water partition coefficient (Wildman–Crippen LogP) is 4.37. The molecule has 1 aliphatic heterocycles. The highest BCUT2D eigenvalue weighted by atomic mass is 32.1. The molecule has 27 heavy (non-hydrogen) atoms. The minimum atomic E-state index is 0.0793. The van der Waals surface area contributed by atoms with E-state index < -0.39 is 0 Å². The molecule has 3 aromatic rings. The number of anilines is 1. The SMILES string of the molecule is CC(=O)c1ccc(N2CCN(C(=O)c3sc4ccccc4c3C)CC2)cc1.